The van der Waals surface area contributed by atoms with Crippen LogP contribution in [0.15, 0.2) is 24.3 Å². The Bertz CT molecular complexity index is 434. The third kappa shape index (κ3) is 3.26. The van der Waals surface area contributed by atoms with Gasteiger partial charge in [-0.1, -0.05) is 12.1 Å². The van der Waals surface area contributed by atoms with E-state index in [0.717, 1.165) is 37.2 Å². The number of para-hydroxylation sites is 1. The molecule has 4 nitrogen and oxygen atoms in total. The Morgan fingerprint density at radius 2 is 2.26 bits per heavy atom. The van der Waals surface area contributed by atoms with Crippen molar-refractivity contribution in [3.8, 4) is 0 Å². The van der Waals surface area contributed by atoms with E-state index >= 15 is 0 Å². The summed E-state index contributed by atoms with van der Waals surface area (Å²) in [6, 6.07) is 7.62. The first-order valence-corrected chi connectivity index (χ1v) is 6.99. The maximum Gasteiger partial charge on any atom is 0.255 e. The molecule has 1 saturated heterocycles. The molecule has 1 aliphatic heterocycles. The number of nitrogens with zero attached hydrogens (tertiary/aromatic N) is 1. The number of benzene rings is 1. The van der Waals surface area contributed by atoms with Crippen LogP contribution < -0.4 is 5.32 Å². The molecule has 0 aliphatic carbocycles. The van der Waals surface area contributed by atoms with E-state index in [1.54, 1.807) is 0 Å². The Labute approximate surface area is 114 Å². The Balaban J connectivity index is 2.14. The van der Waals surface area contributed by atoms with Crippen LogP contribution in [0.4, 0.5) is 5.69 Å². The summed E-state index contributed by atoms with van der Waals surface area (Å²) in [5, 5.41) is 12.5. The molecule has 2 rings (SSSR count). The minimum Gasteiger partial charge on any atom is -0.396 e. The first kappa shape index (κ1) is 13.9. The standard InChI is InChI=1S/C15H22N2O2/c1-2-16-14-8-4-3-7-13(14)15(19)17-9-5-6-12(10-17)11-18/h3-4,7-8,12,16,18H,2,5-6,9-11H2,1H3. The van der Waals surface area contributed by atoms with Crippen molar-refractivity contribution in [3.63, 3.8) is 0 Å². The summed E-state index contributed by atoms with van der Waals surface area (Å²) in [6.07, 6.45) is 1.98. The zero-order chi connectivity index (χ0) is 13.7. The van der Waals surface area contributed by atoms with Gasteiger partial charge in [-0.05, 0) is 37.8 Å². The lowest BCUT2D eigenvalue weighted by Crippen LogP contribution is -2.41. The Morgan fingerprint density at radius 3 is 3.00 bits per heavy atom. The van der Waals surface area contributed by atoms with E-state index in [9.17, 15) is 9.90 Å². The lowest BCUT2D eigenvalue weighted by molar-refractivity contribution is 0.0621. The van der Waals surface area contributed by atoms with Crippen LogP contribution in [0.5, 0.6) is 0 Å². The van der Waals surface area contributed by atoms with E-state index < -0.39 is 0 Å². The van der Waals surface area contributed by atoms with Gasteiger partial charge in [0.2, 0.25) is 0 Å². The summed E-state index contributed by atoms with van der Waals surface area (Å²) in [4.78, 5) is 14.4. The molecular weight excluding hydrogens is 240 g/mol. The van der Waals surface area contributed by atoms with E-state index in [1.807, 2.05) is 36.1 Å². The highest BCUT2D eigenvalue weighted by molar-refractivity contribution is 5.99. The molecule has 1 amide bonds. The van der Waals surface area contributed by atoms with Crippen molar-refractivity contribution in [1.29, 1.82) is 0 Å². The van der Waals surface area contributed by atoms with E-state index in [1.165, 1.54) is 0 Å². The molecule has 19 heavy (non-hydrogen) atoms. The van der Waals surface area contributed by atoms with Gasteiger partial charge in [-0.2, -0.15) is 0 Å². The third-order valence-electron chi connectivity index (χ3n) is 3.59. The number of nitrogens with one attached hydrogen (secondary N) is 1. The molecule has 1 heterocycles. The first-order chi connectivity index (χ1) is 9.26. The number of hydrogen-bond acceptors (Lipinski definition) is 3. The molecular formula is C15H22N2O2. The van der Waals surface area contributed by atoms with Gasteiger partial charge in [0.25, 0.3) is 5.91 Å². The highest BCUT2D eigenvalue weighted by atomic mass is 16.3. The fourth-order valence-electron chi connectivity index (χ4n) is 2.58. The molecule has 104 valence electrons. The zero-order valence-electron chi connectivity index (χ0n) is 11.4. The van der Waals surface area contributed by atoms with Gasteiger partial charge in [-0.25, -0.2) is 0 Å². The second kappa shape index (κ2) is 6.57. The number of carbonyl (C=O) groups is 1. The normalized spacial score (nSPS) is 19.3. The van der Waals surface area contributed by atoms with Crippen molar-refractivity contribution in [3.05, 3.63) is 29.8 Å². The molecule has 4 heteroatoms. The second-order valence-electron chi connectivity index (χ2n) is 5.02. The van der Waals surface area contributed by atoms with E-state index in [-0.39, 0.29) is 18.4 Å². The smallest absolute Gasteiger partial charge is 0.255 e. The predicted octanol–water partition coefficient (Wildman–Crippen LogP) is 1.96. The topological polar surface area (TPSA) is 52.6 Å². The SMILES string of the molecule is CCNc1ccccc1C(=O)N1CCCC(CO)C1. The Hall–Kier alpha value is -1.55. The number of rotatable bonds is 4. The molecule has 0 aromatic heterocycles. The largest absolute Gasteiger partial charge is 0.396 e. The number of amides is 1. The van der Waals surface area contributed by atoms with E-state index in [0.29, 0.717) is 6.54 Å². The number of anilines is 1. The monoisotopic (exact) mass is 262 g/mol. The Morgan fingerprint density at radius 1 is 1.47 bits per heavy atom. The zero-order valence-corrected chi connectivity index (χ0v) is 11.4. The molecule has 1 unspecified atom stereocenters. The fourth-order valence-corrected chi connectivity index (χ4v) is 2.58. The molecule has 0 bridgehead atoms. The van der Waals surface area contributed by atoms with Gasteiger partial charge < -0.3 is 15.3 Å². The highest BCUT2D eigenvalue weighted by Gasteiger charge is 2.25. The molecule has 1 atom stereocenters. The number of hydrogen-bond donors (Lipinski definition) is 2. The third-order valence-corrected chi connectivity index (χ3v) is 3.59. The van der Waals surface area contributed by atoms with Crippen molar-refractivity contribution in [1.82, 2.24) is 4.90 Å². The second-order valence-corrected chi connectivity index (χ2v) is 5.02. The average molecular weight is 262 g/mol. The van der Waals surface area contributed by atoms with Crippen molar-refractivity contribution >= 4 is 11.6 Å². The fraction of sp³-hybridized carbons (Fsp3) is 0.533. The van der Waals surface area contributed by atoms with Crippen LogP contribution in [0.1, 0.15) is 30.1 Å². The summed E-state index contributed by atoms with van der Waals surface area (Å²) in [7, 11) is 0. The Kier molecular flexibility index (Phi) is 4.80. The first-order valence-electron chi connectivity index (χ1n) is 6.99. The minimum atomic E-state index is 0.0645. The van der Waals surface area contributed by atoms with Gasteiger partial charge >= 0.3 is 0 Å². The molecule has 0 radical (unpaired) electrons. The molecule has 2 N–H and O–H groups in total. The highest BCUT2D eigenvalue weighted by Crippen LogP contribution is 2.22. The van der Waals surface area contributed by atoms with E-state index in [4.69, 9.17) is 0 Å². The van der Waals surface area contributed by atoms with Crippen molar-refractivity contribution in [2.75, 3.05) is 31.6 Å². The van der Waals surface area contributed by atoms with Crippen LogP contribution in [0.2, 0.25) is 0 Å². The summed E-state index contributed by atoms with van der Waals surface area (Å²) in [5.41, 5.74) is 1.61. The van der Waals surface area contributed by atoms with Gasteiger partial charge in [-0.3, -0.25) is 4.79 Å². The predicted molar refractivity (Wildman–Crippen MR) is 76.3 cm³/mol. The van der Waals surface area contributed by atoms with Gasteiger partial charge in [-0.15, -0.1) is 0 Å². The van der Waals surface area contributed by atoms with Crippen LogP contribution in [0, 0.1) is 5.92 Å². The average Bonchev–Trinajstić information content (AvgIpc) is 2.47. The lowest BCUT2D eigenvalue weighted by Gasteiger charge is -2.32. The lowest BCUT2D eigenvalue weighted by atomic mass is 9.98. The van der Waals surface area contributed by atoms with Gasteiger partial charge in [0, 0.05) is 31.9 Å². The summed E-state index contributed by atoms with van der Waals surface area (Å²) < 4.78 is 0. The molecule has 0 saturated carbocycles. The van der Waals surface area contributed by atoms with E-state index in [2.05, 4.69) is 5.32 Å². The number of piperidine rings is 1. The van der Waals surface area contributed by atoms with Crippen LogP contribution in [0.25, 0.3) is 0 Å². The number of aliphatic hydroxyl groups excluding tert-OH is 1. The summed E-state index contributed by atoms with van der Waals surface area (Å²) in [6.45, 7) is 4.43. The maximum atomic E-state index is 12.6. The molecule has 1 aliphatic rings. The van der Waals surface area contributed by atoms with Gasteiger partial charge in [0.05, 0.1) is 5.56 Å². The summed E-state index contributed by atoms with van der Waals surface area (Å²) >= 11 is 0. The quantitative estimate of drug-likeness (QED) is 0.872. The molecule has 1 aromatic rings. The van der Waals surface area contributed by atoms with Crippen LogP contribution in [0.3, 0.4) is 0 Å². The van der Waals surface area contributed by atoms with Crippen molar-refractivity contribution in [2.24, 2.45) is 5.92 Å². The van der Waals surface area contributed by atoms with Crippen LogP contribution in [-0.4, -0.2) is 42.2 Å². The maximum absolute atomic E-state index is 12.6. The summed E-state index contributed by atoms with van der Waals surface area (Å²) in [5.74, 6) is 0.290. The molecule has 0 spiro atoms. The number of aliphatic hydroxyl groups is 1. The van der Waals surface area contributed by atoms with Gasteiger partial charge in [0.15, 0.2) is 0 Å². The minimum absolute atomic E-state index is 0.0645. The number of likely N-dealkylation sites (tertiary alicyclic amines) is 1. The van der Waals surface area contributed by atoms with Crippen LogP contribution in [-0.2, 0) is 0 Å². The van der Waals surface area contributed by atoms with Crippen molar-refractivity contribution in [2.45, 2.75) is 19.8 Å². The molecule has 1 fully saturated rings. The molecule has 1 aromatic carbocycles. The van der Waals surface area contributed by atoms with Gasteiger partial charge in [0.1, 0.15) is 0 Å². The van der Waals surface area contributed by atoms with Crippen molar-refractivity contribution < 1.29 is 9.90 Å². The number of carbonyl (C=O) groups excluding carboxylic acids is 1. The van der Waals surface area contributed by atoms with Crippen LogP contribution >= 0.6 is 0 Å².